The highest BCUT2D eigenvalue weighted by atomic mass is 16.7. The number of carboxylic acids is 1. The first-order valence-electron chi connectivity index (χ1n) is 45.4. The Morgan fingerprint density at radius 1 is 0.295 bits per heavy atom. The van der Waals surface area contributed by atoms with E-state index in [1.807, 2.05) is 21.1 Å². The number of aliphatic carboxylic acids is 1. The average molecular weight is 1470 g/mol. The van der Waals surface area contributed by atoms with Gasteiger partial charge in [0.1, 0.15) is 13.2 Å². The molecule has 0 amide bonds. The number of quaternary nitrogens is 1. The van der Waals surface area contributed by atoms with E-state index >= 15 is 0 Å². The third kappa shape index (κ3) is 87.3. The number of hydrogen-bond acceptors (Lipinski definition) is 8. The van der Waals surface area contributed by atoms with Gasteiger partial charge in [0.15, 0.2) is 12.4 Å². The molecule has 0 N–H and O–H groups in total. The lowest BCUT2D eigenvalue weighted by Crippen LogP contribution is -2.44. The Hall–Kier alpha value is -3.79. The first kappa shape index (κ1) is 101. The number of esters is 2. The summed E-state index contributed by atoms with van der Waals surface area (Å²) in [5.74, 6) is -2.25. The summed E-state index contributed by atoms with van der Waals surface area (Å²) in [5, 5.41) is 11.9. The molecule has 9 heteroatoms. The number of hydrogen-bond donors (Lipinski definition) is 0. The Kier molecular flexibility index (Phi) is 82.7. The lowest BCUT2D eigenvalue weighted by Gasteiger charge is -2.26. The van der Waals surface area contributed by atoms with Crippen molar-refractivity contribution in [3.8, 4) is 0 Å². The molecule has 0 aliphatic carbocycles. The maximum atomic E-state index is 13.0. The minimum absolute atomic E-state index is 0.149. The predicted octanol–water partition coefficient (Wildman–Crippen LogP) is 28.5. The molecule has 0 radical (unpaired) electrons. The molecule has 105 heavy (non-hydrogen) atoms. The molecule has 2 unspecified atom stereocenters. The van der Waals surface area contributed by atoms with E-state index in [4.69, 9.17) is 18.9 Å². The third-order valence-electron chi connectivity index (χ3n) is 20.3. The van der Waals surface area contributed by atoms with Gasteiger partial charge in [-0.05, 0) is 96.3 Å². The second-order valence-electron chi connectivity index (χ2n) is 31.9. The van der Waals surface area contributed by atoms with Crippen LogP contribution in [0.5, 0.6) is 0 Å². The fourth-order valence-corrected chi connectivity index (χ4v) is 13.5. The van der Waals surface area contributed by atoms with Crippen LogP contribution in [-0.4, -0.2) is 82.3 Å². The van der Waals surface area contributed by atoms with Crippen molar-refractivity contribution in [3.63, 3.8) is 0 Å². The van der Waals surface area contributed by atoms with E-state index in [9.17, 15) is 19.5 Å². The van der Waals surface area contributed by atoms with Crippen LogP contribution in [0.1, 0.15) is 438 Å². The van der Waals surface area contributed by atoms with Crippen LogP contribution in [0.25, 0.3) is 0 Å². The fourth-order valence-electron chi connectivity index (χ4n) is 13.5. The normalized spacial score (nSPS) is 13.0. The topological polar surface area (TPSA) is 111 Å². The van der Waals surface area contributed by atoms with Crippen LogP contribution in [0.4, 0.5) is 0 Å². The smallest absolute Gasteiger partial charge is 0.306 e. The third-order valence-corrected chi connectivity index (χ3v) is 20.3. The van der Waals surface area contributed by atoms with E-state index in [2.05, 4.69) is 111 Å². The average Bonchev–Trinajstić information content (AvgIpc) is 1.18. The first-order chi connectivity index (χ1) is 51.6. The minimum atomic E-state index is -1.62. The first-order valence-corrected chi connectivity index (χ1v) is 45.4. The SMILES string of the molecule is CC/C=C\C/C=C\C/C=C\C/C=C\C/C=C\CCCCCCCCCCCCCCCCCCCCCCCCCCCC(=O)OC(COC(=O)CCCCCCCCCCCCCCCCCCCCCCCCCC/C=C\C/C=C\C/C=C\CCCCCCC)COC(OCC[N+](C)(C)C)C(=O)[O-]. The summed E-state index contributed by atoms with van der Waals surface area (Å²) in [6, 6.07) is 0. The number of carbonyl (C=O) groups is 3. The van der Waals surface area contributed by atoms with Crippen molar-refractivity contribution in [2.24, 2.45) is 0 Å². The minimum Gasteiger partial charge on any atom is -0.545 e. The molecule has 9 nitrogen and oxygen atoms in total. The Balaban J connectivity index is 3.91. The monoisotopic (exact) mass is 1470 g/mol. The van der Waals surface area contributed by atoms with Crippen molar-refractivity contribution in [1.29, 1.82) is 0 Å². The number of unbranched alkanes of at least 4 members (excludes halogenated alkanes) is 54. The zero-order chi connectivity index (χ0) is 76.0. The van der Waals surface area contributed by atoms with E-state index in [1.165, 1.54) is 327 Å². The second kappa shape index (κ2) is 85.8. The number of carboxylic acid groups (broad SMARTS) is 1. The van der Waals surface area contributed by atoms with Gasteiger partial charge < -0.3 is 33.3 Å². The quantitative estimate of drug-likeness (QED) is 0.0195. The van der Waals surface area contributed by atoms with Gasteiger partial charge in [0.2, 0.25) is 0 Å². The van der Waals surface area contributed by atoms with Gasteiger partial charge >= 0.3 is 11.9 Å². The molecule has 0 aliphatic rings. The number of rotatable bonds is 85. The van der Waals surface area contributed by atoms with E-state index in [-0.39, 0.29) is 32.2 Å². The molecule has 0 fully saturated rings. The van der Waals surface area contributed by atoms with Gasteiger partial charge in [-0.2, -0.15) is 0 Å². The maximum Gasteiger partial charge on any atom is 0.306 e. The van der Waals surface area contributed by atoms with Crippen molar-refractivity contribution in [2.75, 3.05) is 47.5 Å². The van der Waals surface area contributed by atoms with Crippen LogP contribution in [0.2, 0.25) is 0 Å². The summed E-state index contributed by atoms with van der Waals surface area (Å²) < 4.78 is 22.9. The molecule has 0 aliphatic heterocycles. The number of carbonyl (C=O) groups excluding carboxylic acids is 3. The summed E-state index contributed by atoms with van der Waals surface area (Å²) in [6.45, 7) is 4.69. The van der Waals surface area contributed by atoms with Crippen LogP contribution in [0.15, 0.2) is 97.2 Å². The summed E-state index contributed by atoms with van der Waals surface area (Å²) in [5.41, 5.74) is 0. The predicted molar refractivity (Wildman–Crippen MR) is 454 cm³/mol. The Bertz CT molecular complexity index is 2060. The molecule has 0 aromatic heterocycles. The summed E-state index contributed by atoms with van der Waals surface area (Å²) in [4.78, 5) is 37.7. The fraction of sp³-hybridized carbons (Fsp3) is 0.802. The molecule has 0 aromatic carbocycles. The van der Waals surface area contributed by atoms with Crippen LogP contribution in [0.3, 0.4) is 0 Å². The zero-order valence-electron chi connectivity index (χ0n) is 70.1. The largest absolute Gasteiger partial charge is 0.545 e. The molecular formula is C96H173NO8. The van der Waals surface area contributed by atoms with E-state index in [1.54, 1.807) is 0 Å². The standard InChI is InChI=1S/C96H173NO8/c1-6-8-10-12-14-16-18-20-22-24-26-28-30-32-34-36-38-40-42-44-46-47-49-51-53-55-57-59-61-63-65-67-69-71-73-75-77-79-81-83-85-87-94(99)105-92(91-104-96(95(100)101)102-89-88-97(3,4)5)90-103-93(98)86-84-82-80-78-76-74-72-70-68-66-64-62-60-58-56-54-52-50-48-45-43-41-39-37-35-33-31-29-27-25-23-21-19-17-15-13-11-9-7-2/h8,10,14,16,19-22,25-28,31-34,92,96H,6-7,9,11-13,15,17-18,23-24,29-30,35-91H2,1-5H3/b10-8-,16-14-,21-19-,22-20-,27-25-,28-26-,33-31-,34-32-. The van der Waals surface area contributed by atoms with Gasteiger partial charge in [-0.1, -0.05) is 426 Å². The van der Waals surface area contributed by atoms with Crippen LogP contribution >= 0.6 is 0 Å². The molecule has 0 heterocycles. The van der Waals surface area contributed by atoms with E-state index < -0.39 is 24.3 Å². The summed E-state index contributed by atoms with van der Waals surface area (Å²) in [7, 11) is 5.96. The molecule has 0 aromatic rings. The molecule has 0 rings (SSSR count). The van der Waals surface area contributed by atoms with Gasteiger partial charge in [-0.15, -0.1) is 0 Å². The van der Waals surface area contributed by atoms with Gasteiger partial charge in [-0.25, -0.2) is 0 Å². The van der Waals surface area contributed by atoms with Gasteiger partial charge in [0.25, 0.3) is 0 Å². The molecule has 0 spiro atoms. The Morgan fingerprint density at radius 2 is 0.543 bits per heavy atom. The van der Waals surface area contributed by atoms with Gasteiger partial charge in [-0.3, -0.25) is 9.59 Å². The van der Waals surface area contributed by atoms with Crippen molar-refractivity contribution >= 4 is 17.9 Å². The van der Waals surface area contributed by atoms with Gasteiger partial charge in [0.05, 0.1) is 40.3 Å². The highest BCUT2D eigenvalue weighted by Crippen LogP contribution is 2.20. The number of nitrogens with zero attached hydrogens (tertiary/aromatic N) is 1. The molecule has 2 atom stereocenters. The highest BCUT2D eigenvalue weighted by molar-refractivity contribution is 5.70. The highest BCUT2D eigenvalue weighted by Gasteiger charge is 2.22. The maximum absolute atomic E-state index is 13.0. The van der Waals surface area contributed by atoms with Gasteiger partial charge in [0, 0.05) is 12.8 Å². The lowest BCUT2D eigenvalue weighted by molar-refractivity contribution is -0.870. The molecule has 0 saturated heterocycles. The van der Waals surface area contributed by atoms with Crippen LogP contribution < -0.4 is 5.11 Å². The van der Waals surface area contributed by atoms with Crippen LogP contribution in [0, 0.1) is 0 Å². The Morgan fingerprint density at radius 3 is 0.810 bits per heavy atom. The number of ether oxygens (including phenoxy) is 4. The van der Waals surface area contributed by atoms with E-state index in [0.29, 0.717) is 17.4 Å². The van der Waals surface area contributed by atoms with Crippen molar-refractivity contribution in [2.45, 2.75) is 450 Å². The summed E-state index contributed by atoms with van der Waals surface area (Å²) in [6.07, 6.45) is 117. The lowest BCUT2D eigenvalue weighted by atomic mass is 10.0. The van der Waals surface area contributed by atoms with Crippen molar-refractivity contribution < 1.29 is 42.9 Å². The zero-order valence-corrected chi connectivity index (χ0v) is 70.1. The number of allylic oxidation sites excluding steroid dienone is 16. The Labute approximate surface area is 652 Å². The second-order valence-corrected chi connectivity index (χ2v) is 31.9. The molecule has 0 bridgehead atoms. The van der Waals surface area contributed by atoms with E-state index in [0.717, 1.165) is 83.5 Å². The summed E-state index contributed by atoms with van der Waals surface area (Å²) >= 11 is 0. The molecule has 610 valence electrons. The number of likely N-dealkylation sites (N-methyl/N-ethyl adjacent to an activating group) is 1. The molecule has 0 saturated carbocycles. The van der Waals surface area contributed by atoms with Crippen molar-refractivity contribution in [1.82, 2.24) is 0 Å². The van der Waals surface area contributed by atoms with Crippen LogP contribution in [-0.2, 0) is 33.3 Å². The molecular weight excluding hydrogens is 1300 g/mol. The van der Waals surface area contributed by atoms with Crippen molar-refractivity contribution in [3.05, 3.63) is 97.2 Å².